The molecular weight excluding hydrogens is 256 g/mol. The van der Waals surface area contributed by atoms with Crippen LogP contribution in [0.2, 0.25) is 0 Å². The van der Waals surface area contributed by atoms with Gasteiger partial charge in [0, 0.05) is 26.2 Å². The van der Waals surface area contributed by atoms with Gasteiger partial charge in [0.05, 0.1) is 6.61 Å². The predicted octanol–water partition coefficient (Wildman–Crippen LogP) is 2.06. The number of carbonyl (C=O) groups is 1. The molecule has 1 aromatic rings. The summed E-state index contributed by atoms with van der Waals surface area (Å²) in [7, 11) is 0. The van der Waals surface area contributed by atoms with Crippen molar-refractivity contribution in [2.45, 2.75) is 6.61 Å². The van der Waals surface area contributed by atoms with E-state index in [0.717, 1.165) is 5.56 Å². The first kappa shape index (κ1) is 14.6. The van der Waals surface area contributed by atoms with E-state index in [4.69, 9.17) is 9.57 Å². The molecule has 5 nitrogen and oxygen atoms in total. The monoisotopic (exact) mass is 276 g/mol. The standard InChI is InChI=1S/C15H20N2O3/c1-2-12-20-17-10-8-16(9-11-17)15(18)19-13-14-6-4-3-5-7-14/h2-7H,1,8-13H2. The van der Waals surface area contributed by atoms with Crippen LogP contribution in [0.4, 0.5) is 4.79 Å². The molecule has 0 aliphatic carbocycles. The lowest BCUT2D eigenvalue weighted by Crippen LogP contribution is -2.48. The fourth-order valence-corrected chi connectivity index (χ4v) is 1.97. The van der Waals surface area contributed by atoms with E-state index in [1.165, 1.54) is 0 Å². The van der Waals surface area contributed by atoms with Crippen LogP contribution in [0, 0.1) is 0 Å². The number of rotatable bonds is 5. The smallest absolute Gasteiger partial charge is 0.410 e. The fraction of sp³-hybridized carbons (Fsp3) is 0.400. The van der Waals surface area contributed by atoms with Gasteiger partial charge in [-0.3, -0.25) is 4.84 Å². The normalized spacial score (nSPS) is 15.9. The van der Waals surface area contributed by atoms with Crippen molar-refractivity contribution in [1.29, 1.82) is 0 Å². The molecule has 0 aromatic heterocycles. The highest BCUT2D eigenvalue weighted by Gasteiger charge is 2.22. The Morgan fingerprint density at radius 1 is 1.20 bits per heavy atom. The Balaban J connectivity index is 1.70. The first-order valence-corrected chi connectivity index (χ1v) is 6.74. The van der Waals surface area contributed by atoms with Crippen molar-refractivity contribution in [3.63, 3.8) is 0 Å². The summed E-state index contributed by atoms with van der Waals surface area (Å²) < 4.78 is 5.30. The number of hydrogen-bond donors (Lipinski definition) is 0. The molecule has 0 spiro atoms. The molecule has 20 heavy (non-hydrogen) atoms. The van der Waals surface area contributed by atoms with Gasteiger partial charge in [-0.1, -0.05) is 36.4 Å². The Morgan fingerprint density at radius 3 is 2.55 bits per heavy atom. The maximum absolute atomic E-state index is 11.9. The number of amides is 1. The van der Waals surface area contributed by atoms with Crippen LogP contribution in [0.15, 0.2) is 43.0 Å². The topological polar surface area (TPSA) is 42.0 Å². The lowest BCUT2D eigenvalue weighted by molar-refractivity contribution is -0.164. The van der Waals surface area contributed by atoms with E-state index in [1.54, 1.807) is 11.0 Å². The van der Waals surface area contributed by atoms with Gasteiger partial charge in [-0.2, -0.15) is 5.06 Å². The van der Waals surface area contributed by atoms with Crippen LogP contribution < -0.4 is 0 Å². The second-order valence-electron chi connectivity index (χ2n) is 4.54. The first-order valence-electron chi connectivity index (χ1n) is 6.74. The van der Waals surface area contributed by atoms with Crippen molar-refractivity contribution in [2.24, 2.45) is 0 Å². The molecule has 0 bridgehead atoms. The van der Waals surface area contributed by atoms with Gasteiger partial charge in [-0.05, 0) is 5.56 Å². The Hall–Kier alpha value is -1.85. The lowest BCUT2D eigenvalue weighted by atomic mass is 10.2. The van der Waals surface area contributed by atoms with Crippen LogP contribution in [0.25, 0.3) is 0 Å². The summed E-state index contributed by atoms with van der Waals surface area (Å²) in [6.45, 7) is 7.03. The molecule has 1 aliphatic rings. The van der Waals surface area contributed by atoms with Gasteiger partial charge in [-0.25, -0.2) is 4.79 Å². The average molecular weight is 276 g/mol. The number of nitrogens with zero attached hydrogens (tertiary/aromatic N) is 2. The van der Waals surface area contributed by atoms with Gasteiger partial charge in [0.15, 0.2) is 0 Å². The highest BCUT2D eigenvalue weighted by atomic mass is 16.7. The van der Waals surface area contributed by atoms with Crippen LogP contribution in [-0.2, 0) is 16.2 Å². The Kier molecular flexibility index (Phi) is 5.58. The van der Waals surface area contributed by atoms with Crippen molar-refractivity contribution in [2.75, 3.05) is 32.8 Å². The summed E-state index contributed by atoms with van der Waals surface area (Å²) in [6, 6.07) is 9.67. The second-order valence-corrected chi connectivity index (χ2v) is 4.54. The molecule has 1 heterocycles. The number of ether oxygens (including phenoxy) is 1. The first-order chi connectivity index (χ1) is 9.79. The average Bonchev–Trinajstić information content (AvgIpc) is 2.52. The molecule has 0 saturated carbocycles. The zero-order valence-electron chi connectivity index (χ0n) is 11.5. The van der Waals surface area contributed by atoms with Gasteiger partial charge in [0.2, 0.25) is 0 Å². The van der Waals surface area contributed by atoms with Crippen LogP contribution >= 0.6 is 0 Å². The van der Waals surface area contributed by atoms with Crippen LogP contribution in [0.5, 0.6) is 0 Å². The highest BCUT2D eigenvalue weighted by molar-refractivity contribution is 5.67. The molecule has 1 aromatic carbocycles. The number of carbonyl (C=O) groups excluding carboxylic acids is 1. The van der Waals surface area contributed by atoms with Gasteiger partial charge in [-0.15, -0.1) is 6.58 Å². The van der Waals surface area contributed by atoms with Crippen molar-refractivity contribution >= 4 is 6.09 Å². The van der Waals surface area contributed by atoms with E-state index >= 15 is 0 Å². The summed E-state index contributed by atoms with van der Waals surface area (Å²) in [5, 5.41) is 1.85. The van der Waals surface area contributed by atoms with Gasteiger partial charge in [0.1, 0.15) is 6.61 Å². The summed E-state index contributed by atoms with van der Waals surface area (Å²) in [5.74, 6) is 0. The largest absolute Gasteiger partial charge is 0.445 e. The molecule has 1 saturated heterocycles. The Morgan fingerprint density at radius 2 is 1.90 bits per heavy atom. The fourth-order valence-electron chi connectivity index (χ4n) is 1.97. The van der Waals surface area contributed by atoms with Crippen molar-refractivity contribution in [1.82, 2.24) is 9.96 Å². The maximum Gasteiger partial charge on any atom is 0.410 e. The minimum absolute atomic E-state index is 0.266. The molecule has 0 atom stereocenters. The number of piperazine rings is 1. The third-order valence-corrected chi connectivity index (χ3v) is 3.08. The van der Waals surface area contributed by atoms with Crippen molar-refractivity contribution in [3.05, 3.63) is 48.6 Å². The van der Waals surface area contributed by atoms with Gasteiger partial charge >= 0.3 is 6.09 Å². The van der Waals surface area contributed by atoms with E-state index in [2.05, 4.69) is 6.58 Å². The molecule has 5 heteroatoms. The zero-order valence-corrected chi connectivity index (χ0v) is 11.5. The van der Waals surface area contributed by atoms with E-state index in [-0.39, 0.29) is 6.09 Å². The van der Waals surface area contributed by atoms with Gasteiger partial charge in [0.25, 0.3) is 0 Å². The number of benzene rings is 1. The van der Waals surface area contributed by atoms with Crippen molar-refractivity contribution < 1.29 is 14.4 Å². The summed E-state index contributed by atoms with van der Waals surface area (Å²) in [5.41, 5.74) is 0.994. The molecule has 1 amide bonds. The molecule has 0 unspecified atom stereocenters. The van der Waals surface area contributed by atoms with Crippen LogP contribution in [0.3, 0.4) is 0 Å². The van der Waals surface area contributed by atoms with Gasteiger partial charge < -0.3 is 9.64 Å². The van der Waals surface area contributed by atoms with Crippen LogP contribution in [-0.4, -0.2) is 48.8 Å². The molecule has 1 aliphatic heterocycles. The third kappa shape index (κ3) is 4.36. The number of hydroxylamine groups is 2. The maximum atomic E-state index is 11.9. The highest BCUT2D eigenvalue weighted by Crippen LogP contribution is 2.07. The van der Waals surface area contributed by atoms with Crippen molar-refractivity contribution in [3.8, 4) is 0 Å². The van der Waals surface area contributed by atoms with E-state index < -0.39 is 0 Å². The summed E-state index contributed by atoms with van der Waals surface area (Å²) in [4.78, 5) is 19.1. The SMILES string of the molecule is C=CCON1CCN(C(=O)OCc2ccccc2)CC1. The minimum atomic E-state index is -0.266. The second kappa shape index (κ2) is 7.67. The minimum Gasteiger partial charge on any atom is -0.445 e. The van der Waals surface area contributed by atoms with E-state index in [9.17, 15) is 4.79 Å². The molecule has 1 fully saturated rings. The molecule has 0 N–H and O–H groups in total. The predicted molar refractivity (Wildman–Crippen MR) is 75.9 cm³/mol. The molecular formula is C15H20N2O3. The van der Waals surface area contributed by atoms with E-state index in [0.29, 0.717) is 39.4 Å². The zero-order chi connectivity index (χ0) is 14.2. The molecule has 0 radical (unpaired) electrons. The summed E-state index contributed by atoms with van der Waals surface area (Å²) in [6.07, 6.45) is 1.44. The van der Waals surface area contributed by atoms with Crippen LogP contribution in [0.1, 0.15) is 5.56 Å². The molecule has 2 rings (SSSR count). The number of hydrogen-bond acceptors (Lipinski definition) is 4. The third-order valence-electron chi connectivity index (χ3n) is 3.08. The Bertz CT molecular complexity index is 428. The van der Waals surface area contributed by atoms with E-state index in [1.807, 2.05) is 35.4 Å². The molecule has 108 valence electrons. The quantitative estimate of drug-likeness (QED) is 0.772. The Labute approximate surface area is 119 Å². The lowest BCUT2D eigenvalue weighted by Gasteiger charge is -2.32. The summed E-state index contributed by atoms with van der Waals surface area (Å²) >= 11 is 0.